The number of fused-ring (bicyclic) bond motifs is 1. The molecule has 0 radical (unpaired) electrons. The predicted octanol–water partition coefficient (Wildman–Crippen LogP) is 2.84. The lowest BCUT2D eigenvalue weighted by Crippen LogP contribution is -2.45. The highest BCUT2D eigenvalue weighted by Gasteiger charge is 2.47. The summed E-state index contributed by atoms with van der Waals surface area (Å²) in [6.07, 6.45) is -0.379. The van der Waals surface area contributed by atoms with Gasteiger partial charge >= 0.3 is 6.03 Å². The van der Waals surface area contributed by atoms with E-state index < -0.39 is 11.8 Å². The molecule has 3 heterocycles. The third-order valence-corrected chi connectivity index (χ3v) is 5.06. The van der Waals surface area contributed by atoms with Gasteiger partial charge in [-0.3, -0.25) is 0 Å². The summed E-state index contributed by atoms with van der Waals surface area (Å²) >= 11 is 1.61. The van der Waals surface area contributed by atoms with Crippen molar-refractivity contribution in [2.24, 2.45) is 5.92 Å². The number of hydrogen-bond donors (Lipinski definition) is 2. The van der Waals surface area contributed by atoms with Crippen LogP contribution in [0.25, 0.3) is 0 Å². The summed E-state index contributed by atoms with van der Waals surface area (Å²) in [5.41, 5.74) is 1.38. The topological polar surface area (TPSA) is 59.6 Å². The Balaban J connectivity index is 1.34. The number of ether oxygens (including phenoxy) is 2. The number of amides is 2. The van der Waals surface area contributed by atoms with E-state index >= 15 is 0 Å². The van der Waals surface area contributed by atoms with Crippen LogP contribution in [0.1, 0.15) is 5.56 Å². The molecule has 2 aromatic rings. The average Bonchev–Trinajstić information content (AvgIpc) is 3.32. The Hall–Kier alpha value is -2.40. The molecule has 2 N–H and O–H groups in total. The van der Waals surface area contributed by atoms with E-state index in [0.717, 1.165) is 5.56 Å². The standard InChI is InChI=1S/C19H17FN2O3S/c20-14-2-1-3-15(8-14)21-19(23)22-16-10-25-17-13(9-24-18(16)17)5-4-12-6-7-26-11-12/h1-3,6-8,11,13,16-18H,9-10H2,(H2,21,22,23)/t13-,16-,17+,18+/m0/s1. The molecule has 2 aliphatic rings. The zero-order valence-electron chi connectivity index (χ0n) is 13.8. The number of benzene rings is 1. The quantitative estimate of drug-likeness (QED) is 0.797. The Morgan fingerprint density at radius 3 is 2.92 bits per heavy atom. The lowest BCUT2D eigenvalue weighted by Gasteiger charge is -2.17. The molecular weight excluding hydrogens is 355 g/mol. The molecule has 1 aromatic carbocycles. The van der Waals surface area contributed by atoms with E-state index in [1.807, 2.05) is 16.8 Å². The Kier molecular flexibility index (Phi) is 4.89. The fourth-order valence-electron chi connectivity index (χ4n) is 3.16. The molecule has 0 saturated carbocycles. The average molecular weight is 372 g/mol. The number of urea groups is 1. The van der Waals surface area contributed by atoms with Gasteiger partial charge in [-0.2, -0.15) is 11.3 Å². The van der Waals surface area contributed by atoms with E-state index in [1.165, 1.54) is 18.2 Å². The molecule has 2 amide bonds. The van der Waals surface area contributed by atoms with Crippen molar-refractivity contribution in [1.29, 1.82) is 0 Å². The lowest BCUT2D eigenvalue weighted by atomic mass is 10.0. The van der Waals surface area contributed by atoms with Crippen molar-refractivity contribution >= 4 is 23.1 Å². The molecule has 2 fully saturated rings. The smallest absolute Gasteiger partial charge is 0.319 e. The zero-order valence-corrected chi connectivity index (χ0v) is 14.6. The third-order valence-electron chi connectivity index (χ3n) is 4.38. The van der Waals surface area contributed by atoms with Gasteiger partial charge in [0.15, 0.2) is 0 Å². The minimum atomic E-state index is -0.416. The molecule has 2 saturated heterocycles. The van der Waals surface area contributed by atoms with Gasteiger partial charge in [-0.25, -0.2) is 9.18 Å². The van der Waals surface area contributed by atoms with Crippen LogP contribution in [0.3, 0.4) is 0 Å². The van der Waals surface area contributed by atoms with Crippen molar-refractivity contribution < 1.29 is 18.7 Å². The first-order chi connectivity index (χ1) is 12.7. The van der Waals surface area contributed by atoms with Gasteiger partial charge in [0.2, 0.25) is 0 Å². The van der Waals surface area contributed by atoms with E-state index in [-0.39, 0.29) is 24.2 Å². The Bertz CT molecular complexity index is 846. The molecule has 1 aromatic heterocycles. The van der Waals surface area contributed by atoms with Gasteiger partial charge in [0, 0.05) is 16.6 Å². The number of carbonyl (C=O) groups excluding carboxylic acids is 1. The second-order valence-electron chi connectivity index (χ2n) is 6.20. The molecule has 0 aliphatic carbocycles. The van der Waals surface area contributed by atoms with Crippen molar-refractivity contribution in [3.05, 3.63) is 52.5 Å². The molecule has 26 heavy (non-hydrogen) atoms. The summed E-state index contributed by atoms with van der Waals surface area (Å²) in [6, 6.07) is 7.04. The van der Waals surface area contributed by atoms with Gasteiger partial charge < -0.3 is 20.1 Å². The van der Waals surface area contributed by atoms with Gasteiger partial charge in [0.05, 0.1) is 25.2 Å². The minimum Gasteiger partial charge on any atom is -0.372 e. The first-order valence-electron chi connectivity index (χ1n) is 8.29. The Labute approximate surface area is 154 Å². The maximum Gasteiger partial charge on any atom is 0.319 e. The molecule has 4 atom stereocenters. The van der Waals surface area contributed by atoms with Gasteiger partial charge in [0.1, 0.15) is 18.0 Å². The second-order valence-corrected chi connectivity index (χ2v) is 6.98. The number of rotatable bonds is 2. The Morgan fingerprint density at radius 1 is 1.23 bits per heavy atom. The van der Waals surface area contributed by atoms with Crippen molar-refractivity contribution in [3.63, 3.8) is 0 Å². The van der Waals surface area contributed by atoms with Crippen molar-refractivity contribution in [3.8, 4) is 11.8 Å². The van der Waals surface area contributed by atoms with Crippen LogP contribution in [0.5, 0.6) is 0 Å². The maximum atomic E-state index is 13.2. The third kappa shape index (κ3) is 3.73. The first kappa shape index (κ1) is 17.0. The van der Waals surface area contributed by atoms with Gasteiger partial charge in [0.25, 0.3) is 0 Å². The number of anilines is 1. The molecule has 0 spiro atoms. The number of nitrogens with one attached hydrogen (secondary N) is 2. The number of thiophene rings is 1. The highest BCUT2D eigenvalue weighted by molar-refractivity contribution is 7.08. The van der Waals surface area contributed by atoms with Crippen LogP contribution < -0.4 is 10.6 Å². The van der Waals surface area contributed by atoms with Gasteiger partial charge in [-0.1, -0.05) is 17.9 Å². The summed E-state index contributed by atoms with van der Waals surface area (Å²) in [6.45, 7) is 0.846. The molecule has 5 nitrogen and oxygen atoms in total. The normalized spacial score (nSPS) is 26.7. The van der Waals surface area contributed by atoms with Crippen LogP contribution >= 0.6 is 11.3 Å². The summed E-state index contributed by atoms with van der Waals surface area (Å²) in [5.74, 6) is 5.93. The predicted molar refractivity (Wildman–Crippen MR) is 96.5 cm³/mol. The number of hydrogen-bond acceptors (Lipinski definition) is 4. The zero-order chi connectivity index (χ0) is 17.9. The van der Waals surface area contributed by atoms with E-state index in [4.69, 9.17) is 9.47 Å². The van der Waals surface area contributed by atoms with E-state index in [1.54, 1.807) is 17.4 Å². The first-order valence-corrected chi connectivity index (χ1v) is 9.23. The van der Waals surface area contributed by atoms with Crippen LogP contribution in [0.4, 0.5) is 14.9 Å². The van der Waals surface area contributed by atoms with Crippen molar-refractivity contribution in [2.75, 3.05) is 18.5 Å². The summed E-state index contributed by atoms with van der Waals surface area (Å²) in [7, 11) is 0. The lowest BCUT2D eigenvalue weighted by molar-refractivity contribution is 0.0666. The minimum absolute atomic E-state index is 0.0158. The monoisotopic (exact) mass is 372 g/mol. The van der Waals surface area contributed by atoms with E-state index in [2.05, 4.69) is 22.5 Å². The SMILES string of the molecule is O=C(Nc1cccc(F)c1)N[C@H]1CO[C@H]2[C@@H]1OC[C@@H]2C#Cc1ccsc1. The molecule has 0 bridgehead atoms. The molecular formula is C19H17FN2O3S. The fourth-order valence-corrected chi connectivity index (χ4v) is 3.75. The summed E-state index contributed by atoms with van der Waals surface area (Å²) in [5, 5.41) is 9.44. The van der Waals surface area contributed by atoms with E-state index in [9.17, 15) is 9.18 Å². The number of halogens is 1. The van der Waals surface area contributed by atoms with Crippen LogP contribution in [-0.4, -0.2) is 37.5 Å². The fraction of sp³-hybridized carbons (Fsp3) is 0.316. The van der Waals surface area contributed by atoms with Crippen LogP contribution in [0.2, 0.25) is 0 Å². The second kappa shape index (κ2) is 7.46. The molecule has 0 unspecified atom stereocenters. The van der Waals surface area contributed by atoms with Crippen molar-refractivity contribution in [1.82, 2.24) is 5.32 Å². The molecule has 4 rings (SSSR count). The summed E-state index contributed by atoms with van der Waals surface area (Å²) in [4.78, 5) is 12.1. The van der Waals surface area contributed by atoms with Crippen LogP contribution in [0, 0.1) is 23.6 Å². The molecule has 134 valence electrons. The number of carbonyl (C=O) groups is 1. The molecule has 2 aliphatic heterocycles. The summed E-state index contributed by atoms with van der Waals surface area (Å²) < 4.78 is 24.8. The van der Waals surface area contributed by atoms with Crippen molar-refractivity contribution in [2.45, 2.75) is 18.2 Å². The maximum absolute atomic E-state index is 13.2. The van der Waals surface area contributed by atoms with Crippen LogP contribution in [-0.2, 0) is 9.47 Å². The highest BCUT2D eigenvalue weighted by Crippen LogP contribution is 2.31. The highest BCUT2D eigenvalue weighted by atomic mass is 32.1. The van der Waals surface area contributed by atoms with Gasteiger partial charge in [-0.15, -0.1) is 0 Å². The Morgan fingerprint density at radius 2 is 2.12 bits per heavy atom. The molecule has 7 heteroatoms. The van der Waals surface area contributed by atoms with Crippen LogP contribution in [0.15, 0.2) is 41.1 Å². The van der Waals surface area contributed by atoms with Gasteiger partial charge in [-0.05, 0) is 29.6 Å². The largest absolute Gasteiger partial charge is 0.372 e. The van der Waals surface area contributed by atoms with E-state index in [0.29, 0.717) is 18.9 Å².